The SMILES string of the molecule is CCCCOc1ccc(Br)cc1C(=O)NC(=S)Nc1ccccc1C(=O)Nc1ccccc1. The van der Waals surface area contributed by atoms with Gasteiger partial charge < -0.3 is 15.4 Å². The number of benzene rings is 3. The highest BCUT2D eigenvalue weighted by atomic mass is 79.9. The Morgan fingerprint density at radius 3 is 2.39 bits per heavy atom. The van der Waals surface area contributed by atoms with Crippen LogP contribution in [0.2, 0.25) is 0 Å². The van der Waals surface area contributed by atoms with Crippen molar-refractivity contribution >= 4 is 56.4 Å². The molecule has 3 aromatic rings. The lowest BCUT2D eigenvalue weighted by Crippen LogP contribution is -2.35. The molecule has 0 aliphatic carbocycles. The molecule has 33 heavy (non-hydrogen) atoms. The molecule has 0 aliphatic rings. The highest BCUT2D eigenvalue weighted by Crippen LogP contribution is 2.24. The number of para-hydroxylation sites is 2. The van der Waals surface area contributed by atoms with Crippen molar-refractivity contribution in [2.75, 3.05) is 17.2 Å². The number of amides is 2. The van der Waals surface area contributed by atoms with Gasteiger partial charge in [0.05, 0.1) is 23.4 Å². The molecule has 0 saturated carbocycles. The van der Waals surface area contributed by atoms with Gasteiger partial charge in [-0.05, 0) is 61.1 Å². The molecule has 0 saturated heterocycles. The summed E-state index contributed by atoms with van der Waals surface area (Å²) in [5, 5.41) is 8.53. The van der Waals surface area contributed by atoms with Crippen LogP contribution in [0.5, 0.6) is 5.75 Å². The second-order valence-corrected chi connectivity index (χ2v) is 8.44. The minimum atomic E-state index is -0.411. The van der Waals surface area contributed by atoms with E-state index < -0.39 is 5.91 Å². The van der Waals surface area contributed by atoms with E-state index in [1.807, 2.05) is 24.3 Å². The summed E-state index contributed by atoms with van der Waals surface area (Å²) in [5.41, 5.74) is 1.91. The maximum Gasteiger partial charge on any atom is 0.261 e. The minimum Gasteiger partial charge on any atom is -0.493 e. The van der Waals surface area contributed by atoms with Crippen LogP contribution >= 0.6 is 28.1 Å². The highest BCUT2D eigenvalue weighted by molar-refractivity contribution is 9.10. The van der Waals surface area contributed by atoms with E-state index in [1.165, 1.54) is 0 Å². The van der Waals surface area contributed by atoms with Crippen molar-refractivity contribution in [2.24, 2.45) is 0 Å². The molecule has 0 heterocycles. The molecule has 0 aliphatic heterocycles. The molecule has 2 amide bonds. The molecular formula is C25H24BrN3O3S. The Bertz CT molecular complexity index is 1140. The van der Waals surface area contributed by atoms with Crippen LogP contribution in [0, 0.1) is 0 Å². The molecule has 0 spiro atoms. The zero-order valence-corrected chi connectivity index (χ0v) is 20.5. The fourth-order valence-corrected chi connectivity index (χ4v) is 3.53. The van der Waals surface area contributed by atoms with Gasteiger partial charge in [-0.3, -0.25) is 14.9 Å². The summed E-state index contributed by atoms with van der Waals surface area (Å²) in [6, 6.07) is 21.3. The van der Waals surface area contributed by atoms with Gasteiger partial charge >= 0.3 is 0 Å². The summed E-state index contributed by atoms with van der Waals surface area (Å²) < 4.78 is 6.51. The summed E-state index contributed by atoms with van der Waals surface area (Å²) in [5.74, 6) is -0.224. The molecule has 3 aromatic carbocycles. The molecule has 0 aromatic heterocycles. The number of ether oxygens (including phenoxy) is 1. The second-order valence-electron chi connectivity index (χ2n) is 7.12. The third-order valence-corrected chi connectivity index (χ3v) is 5.32. The predicted octanol–water partition coefficient (Wildman–Crippen LogP) is 6.01. The van der Waals surface area contributed by atoms with Gasteiger partial charge in [-0.2, -0.15) is 0 Å². The van der Waals surface area contributed by atoms with Gasteiger partial charge in [-0.25, -0.2) is 0 Å². The van der Waals surface area contributed by atoms with Crippen LogP contribution in [-0.2, 0) is 0 Å². The number of thiocarbonyl (C=S) groups is 1. The first kappa shape index (κ1) is 24.4. The molecule has 3 N–H and O–H groups in total. The topological polar surface area (TPSA) is 79.5 Å². The summed E-state index contributed by atoms with van der Waals surface area (Å²) in [4.78, 5) is 25.7. The summed E-state index contributed by atoms with van der Waals surface area (Å²) >= 11 is 8.73. The molecule has 8 heteroatoms. The quantitative estimate of drug-likeness (QED) is 0.248. The van der Waals surface area contributed by atoms with Crippen LogP contribution in [-0.4, -0.2) is 23.5 Å². The largest absolute Gasteiger partial charge is 0.493 e. The van der Waals surface area contributed by atoms with Crippen LogP contribution in [0.4, 0.5) is 11.4 Å². The Labute approximate surface area is 206 Å². The van der Waals surface area contributed by atoms with Gasteiger partial charge in [-0.1, -0.05) is 59.6 Å². The van der Waals surface area contributed by atoms with Crippen molar-refractivity contribution in [3.8, 4) is 5.75 Å². The average Bonchev–Trinajstić information content (AvgIpc) is 2.81. The summed E-state index contributed by atoms with van der Waals surface area (Å²) in [6.07, 6.45) is 1.88. The van der Waals surface area contributed by atoms with Crippen molar-refractivity contribution in [1.82, 2.24) is 5.32 Å². The lowest BCUT2D eigenvalue weighted by Gasteiger charge is -2.15. The van der Waals surface area contributed by atoms with E-state index in [9.17, 15) is 9.59 Å². The van der Waals surface area contributed by atoms with E-state index in [-0.39, 0.29) is 11.0 Å². The number of carbonyl (C=O) groups excluding carboxylic acids is 2. The van der Waals surface area contributed by atoms with Crippen LogP contribution in [0.25, 0.3) is 0 Å². The molecular weight excluding hydrogens is 502 g/mol. The van der Waals surface area contributed by atoms with E-state index in [2.05, 4.69) is 38.8 Å². The van der Waals surface area contributed by atoms with Gasteiger partial charge in [0.1, 0.15) is 5.75 Å². The number of rotatable bonds is 8. The molecule has 3 rings (SSSR count). The minimum absolute atomic E-state index is 0.0689. The first-order chi connectivity index (χ1) is 16.0. The molecule has 170 valence electrons. The van der Waals surface area contributed by atoms with Gasteiger partial charge in [0, 0.05) is 10.2 Å². The number of carbonyl (C=O) groups is 2. The maximum absolute atomic E-state index is 12.9. The third kappa shape index (κ3) is 7.13. The highest BCUT2D eigenvalue weighted by Gasteiger charge is 2.17. The smallest absolute Gasteiger partial charge is 0.261 e. The number of hydrogen-bond acceptors (Lipinski definition) is 4. The number of anilines is 2. The van der Waals surface area contributed by atoms with Crippen LogP contribution < -0.4 is 20.7 Å². The van der Waals surface area contributed by atoms with Crippen LogP contribution in [0.3, 0.4) is 0 Å². The van der Waals surface area contributed by atoms with Crippen LogP contribution in [0.15, 0.2) is 77.3 Å². The number of unbranched alkanes of at least 4 members (excludes halogenated alkanes) is 1. The van der Waals surface area contributed by atoms with E-state index >= 15 is 0 Å². The lowest BCUT2D eigenvalue weighted by atomic mass is 10.1. The Hall–Kier alpha value is -3.23. The first-order valence-electron chi connectivity index (χ1n) is 10.5. The maximum atomic E-state index is 12.9. The zero-order valence-electron chi connectivity index (χ0n) is 18.1. The Balaban J connectivity index is 1.70. The number of halogens is 1. The van der Waals surface area contributed by atoms with E-state index in [0.29, 0.717) is 34.9 Å². The van der Waals surface area contributed by atoms with Gasteiger partial charge in [0.25, 0.3) is 11.8 Å². The Morgan fingerprint density at radius 2 is 1.64 bits per heavy atom. The van der Waals surface area contributed by atoms with Crippen molar-refractivity contribution in [3.63, 3.8) is 0 Å². The molecule has 0 fully saturated rings. The van der Waals surface area contributed by atoms with Crippen molar-refractivity contribution in [2.45, 2.75) is 19.8 Å². The predicted molar refractivity (Wildman–Crippen MR) is 139 cm³/mol. The van der Waals surface area contributed by atoms with E-state index in [1.54, 1.807) is 48.5 Å². The molecule has 0 unspecified atom stereocenters. The average molecular weight is 526 g/mol. The Morgan fingerprint density at radius 1 is 0.909 bits per heavy atom. The van der Waals surface area contributed by atoms with Crippen molar-refractivity contribution < 1.29 is 14.3 Å². The molecule has 0 atom stereocenters. The van der Waals surface area contributed by atoms with Gasteiger partial charge in [0.15, 0.2) is 5.11 Å². The fourth-order valence-electron chi connectivity index (χ4n) is 2.97. The first-order valence-corrected chi connectivity index (χ1v) is 11.7. The molecule has 6 nitrogen and oxygen atoms in total. The van der Waals surface area contributed by atoms with Gasteiger partial charge in [-0.15, -0.1) is 0 Å². The third-order valence-electron chi connectivity index (χ3n) is 4.62. The van der Waals surface area contributed by atoms with Crippen molar-refractivity contribution in [3.05, 3.63) is 88.4 Å². The van der Waals surface area contributed by atoms with Crippen molar-refractivity contribution in [1.29, 1.82) is 0 Å². The van der Waals surface area contributed by atoms with Gasteiger partial charge in [0.2, 0.25) is 0 Å². The van der Waals surface area contributed by atoms with E-state index in [0.717, 1.165) is 17.3 Å². The Kier molecular flexibility index (Phi) is 8.97. The van der Waals surface area contributed by atoms with Crippen LogP contribution in [0.1, 0.15) is 40.5 Å². The number of hydrogen-bond donors (Lipinski definition) is 3. The zero-order chi connectivity index (χ0) is 23.6. The standard InChI is InChI=1S/C25H24BrN3O3S/c1-2-3-15-32-22-14-13-17(26)16-20(22)24(31)29-25(33)28-21-12-8-7-11-19(21)23(30)27-18-9-5-4-6-10-18/h4-14,16H,2-3,15H2,1H3,(H,27,30)(H2,28,29,31,33). The molecule has 0 bridgehead atoms. The summed E-state index contributed by atoms with van der Waals surface area (Å²) in [6.45, 7) is 2.59. The second kappa shape index (κ2) is 12.1. The summed E-state index contributed by atoms with van der Waals surface area (Å²) in [7, 11) is 0. The lowest BCUT2D eigenvalue weighted by molar-refractivity contribution is 0.0972. The number of nitrogens with one attached hydrogen (secondary N) is 3. The molecule has 0 radical (unpaired) electrons. The van der Waals surface area contributed by atoms with E-state index in [4.69, 9.17) is 17.0 Å². The normalized spacial score (nSPS) is 10.2. The monoisotopic (exact) mass is 525 g/mol. The fraction of sp³-hybridized carbons (Fsp3) is 0.160.